The van der Waals surface area contributed by atoms with E-state index >= 15 is 0 Å². The summed E-state index contributed by atoms with van der Waals surface area (Å²) in [6.07, 6.45) is -1.14. The molecule has 3 aromatic carbocycles. The molecule has 0 unspecified atom stereocenters. The number of rotatable bonds is 13. The normalized spacial score (nSPS) is 13.0. The lowest BCUT2D eigenvalue weighted by Crippen LogP contribution is -2.45. The van der Waals surface area contributed by atoms with Crippen molar-refractivity contribution < 1.29 is 65.7 Å². The van der Waals surface area contributed by atoms with Crippen LogP contribution in [0.3, 0.4) is 0 Å². The molecule has 10 nitrogen and oxygen atoms in total. The largest absolute Gasteiger partial charge is 0.480 e. The molecular formula is C27H26F4O10P2. The maximum absolute atomic E-state index is 14.1. The zero-order chi connectivity index (χ0) is 32.3. The lowest BCUT2D eigenvalue weighted by atomic mass is 9.76. The van der Waals surface area contributed by atoms with Crippen molar-refractivity contribution in [2.75, 3.05) is 6.61 Å². The van der Waals surface area contributed by atoms with E-state index in [-0.39, 0.29) is 24.2 Å². The van der Waals surface area contributed by atoms with Crippen LogP contribution in [0.2, 0.25) is 0 Å². The number of hydrogen-bond donors (Lipinski definition) is 5. The molecule has 0 spiro atoms. The predicted molar refractivity (Wildman–Crippen MR) is 143 cm³/mol. The Kier molecular flexibility index (Phi) is 10.1. The Morgan fingerprint density at radius 1 is 0.651 bits per heavy atom. The van der Waals surface area contributed by atoms with Crippen molar-refractivity contribution in [2.45, 2.75) is 30.6 Å². The lowest BCUT2D eigenvalue weighted by molar-refractivity contribution is -0.169. The van der Waals surface area contributed by atoms with E-state index in [0.29, 0.717) is 24.3 Å². The second kappa shape index (κ2) is 12.7. The number of halogens is 4. The van der Waals surface area contributed by atoms with Gasteiger partial charge in [0, 0.05) is 17.5 Å². The summed E-state index contributed by atoms with van der Waals surface area (Å²) < 4.78 is 84.2. The van der Waals surface area contributed by atoms with E-state index in [1.165, 1.54) is 0 Å². The van der Waals surface area contributed by atoms with Crippen molar-refractivity contribution in [3.63, 3.8) is 0 Å². The highest BCUT2D eigenvalue weighted by Crippen LogP contribution is 2.60. The van der Waals surface area contributed by atoms with Gasteiger partial charge in [-0.25, -0.2) is 0 Å². The number of benzene rings is 3. The summed E-state index contributed by atoms with van der Waals surface area (Å²) in [4.78, 5) is 61.9. The Morgan fingerprint density at radius 3 is 1.40 bits per heavy atom. The van der Waals surface area contributed by atoms with Crippen LogP contribution in [0.25, 0.3) is 0 Å². The van der Waals surface area contributed by atoms with Crippen LogP contribution in [0, 0.1) is 5.41 Å². The van der Waals surface area contributed by atoms with E-state index in [0.717, 1.165) is 29.8 Å². The van der Waals surface area contributed by atoms with Gasteiger partial charge in [-0.15, -0.1) is 0 Å². The van der Waals surface area contributed by atoms with Crippen LogP contribution in [0.15, 0.2) is 78.9 Å². The molecule has 0 fully saturated rings. The molecule has 0 atom stereocenters. The fraction of sp³-hybridized carbons (Fsp3) is 0.259. The Morgan fingerprint density at radius 2 is 1.05 bits per heavy atom. The van der Waals surface area contributed by atoms with Crippen LogP contribution in [0.4, 0.5) is 17.6 Å². The van der Waals surface area contributed by atoms with Crippen molar-refractivity contribution in [1.82, 2.24) is 0 Å². The molecule has 0 aliphatic rings. The number of esters is 1. The first-order valence-electron chi connectivity index (χ1n) is 12.3. The highest BCUT2D eigenvalue weighted by molar-refractivity contribution is 7.52. The van der Waals surface area contributed by atoms with E-state index in [1.807, 2.05) is 0 Å². The number of carbonyl (C=O) groups excluding carboxylic acids is 1. The van der Waals surface area contributed by atoms with Gasteiger partial charge in [-0.2, -0.15) is 17.6 Å². The molecule has 0 amide bonds. The average molecular weight is 648 g/mol. The van der Waals surface area contributed by atoms with Crippen LogP contribution in [-0.4, -0.2) is 43.2 Å². The van der Waals surface area contributed by atoms with Gasteiger partial charge in [0.05, 0.1) is 6.61 Å². The molecule has 232 valence electrons. The molecule has 3 aromatic rings. The Labute approximate surface area is 242 Å². The fourth-order valence-electron chi connectivity index (χ4n) is 4.17. The second-order valence-electron chi connectivity index (χ2n) is 9.68. The van der Waals surface area contributed by atoms with Gasteiger partial charge in [-0.1, -0.05) is 78.9 Å². The smallest absolute Gasteiger partial charge is 0.399 e. The monoisotopic (exact) mass is 648 g/mol. The van der Waals surface area contributed by atoms with E-state index in [4.69, 9.17) is 24.3 Å². The standard InChI is InChI=1S/C27H26F4O10P2/c28-26(29,42(35,36)37)21-10-6-19(7-11-21)16-25(23(32)33,24(34)41-15-14-18-4-2-1-3-5-18)17-20-8-12-22(13-9-20)27(30,31)43(38,39)40/h1-13H,14-17H2,(H,32,33)(H2,35,36,37)(H2,38,39,40). The Bertz CT molecular complexity index is 1460. The van der Waals surface area contributed by atoms with Gasteiger partial charge in [-0.3, -0.25) is 18.7 Å². The molecule has 0 aromatic heterocycles. The number of ether oxygens (including phenoxy) is 1. The second-order valence-corrected chi connectivity index (χ2v) is 13.0. The molecule has 5 N–H and O–H groups in total. The molecule has 16 heteroatoms. The maximum Gasteiger partial charge on any atom is 0.399 e. The minimum absolute atomic E-state index is 0.0164. The minimum atomic E-state index is -5.89. The van der Waals surface area contributed by atoms with E-state index in [9.17, 15) is 41.4 Å². The maximum atomic E-state index is 14.1. The summed E-state index contributed by atoms with van der Waals surface area (Å²) in [5.74, 6) is -2.96. The van der Waals surface area contributed by atoms with Gasteiger partial charge >= 0.3 is 38.5 Å². The summed E-state index contributed by atoms with van der Waals surface area (Å²) in [5.41, 5.74) is -12.9. The van der Waals surface area contributed by atoms with Gasteiger partial charge < -0.3 is 29.4 Å². The number of alkyl halides is 4. The van der Waals surface area contributed by atoms with Crippen molar-refractivity contribution in [2.24, 2.45) is 5.41 Å². The third-order valence-electron chi connectivity index (χ3n) is 6.61. The molecule has 3 rings (SSSR count). The summed E-state index contributed by atoms with van der Waals surface area (Å²) in [6.45, 7) is -0.251. The molecule has 0 aliphatic carbocycles. The van der Waals surface area contributed by atoms with Crippen LogP contribution in [-0.2, 0) is 54.0 Å². The number of carboxylic acid groups (broad SMARTS) is 1. The highest BCUT2D eigenvalue weighted by Gasteiger charge is 2.52. The number of carbonyl (C=O) groups is 2. The SMILES string of the molecule is O=C(O)C(Cc1ccc(C(F)(F)P(=O)(O)O)cc1)(Cc1ccc(C(F)(F)P(=O)(O)O)cc1)C(=O)OCCc1ccccc1. The first-order valence-corrected chi connectivity index (χ1v) is 15.5. The zero-order valence-electron chi connectivity index (χ0n) is 22.0. The minimum Gasteiger partial charge on any atom is -0.480 e. The van der Waals surface area contributed by atoms with Crippen molar-refractivity contribution in [1.29, 1.82) is 0 Å². The van der Waals surface area contributed by atoms with E-state index < -0.39 is 67.8 Å². The summed E-state index contributed by atoms with van der Waals surface area (Å²) in [7, 11) is -11.8. The predicted octanol–water partition coefficient (Wildman–Crippen LogP) is 4.78. The first-order chi connectivity index (χ1) is 19.8. The van der Waals surface area contributed by atoms with Gasteiger partial charge in [0.2, 0.25) is 0 Å². The molecule has 0 heterocycles. The molecular weight excluding hydrogens is 622 g/mol. The van der Waals surface area contributed by atoms with Crippen molar-refractivity contribution in [3.8, 4) is 0 Å². The van der Waals surface area contributed by atoms with Crippen molar-refractivity contribution >= 4 is 27.1 Å². The van der Waals surface area contributed by atoms with Crippen LogP contribution in [0.1, 0.15) is 27.8 Å². The van der Waals surface area contributed by atoms with Gasteiger partial charge in [0.25, 0.3) is 0 Å². The van der Waals surface area contributed by atoms with Crippen LogP contribution < -0.4 is 0 Å². The Hall–Kier alpha value is -3.38. The zero-order valence-corrected chi connectivity index (χ0v) is 23.8. The number of hydrogen-bond acceptors (Lipinski definition) is 5. The molecule has 0 saturated carbocycles. The van der Waals surface area contributed by atoms with Crippen LogP contribution >= 0.6 is 15.2 Å². The first kappa shape index (κ1) is 34.1. The average Bonchev–Trinajstić information content (AvgIpc) is 2.92. The lowest BCUT2D eigenvalue weighted by Gasteiger charge is -2.28. The highest BCUT2D eigenvalue weighted by atomic mass is 31.2. The van der Waals surface area contributed by atoms with Crippen LogP contribution in [0.5, 0.6) is 0 Å². The Balaban J connectivity index is 1.97. The van der Waals surface area contributed by atoms with E-state index in [1.54, 1.807) is 30.3 Å². The van der Waals surface area contributed by atoms with Gasteiger partial charge in [-0.05, 0) is 29.5 Å². The third kappa shape index (κ3) is 7.59. The fourth-order valence-corrected chi connectivity index (χ4v) is 5.14. The summed E-state index contributed by atoms with van der Waals surface area (Å²) in [5, 5.41) is 10.3. The van der Waals surface area contributed by atoms with Gasteiger partial charge in [0.1, 0.15) is 0 Å². The molecule has 0 saturated heterocycles. The molecule has 0 bridgehead atoms. The summed E-state index contributed by atoms with van der Waals surface area (Å²) in [6, 6.07) is 15.2. The molecule has 43 heavy (non-hydrogen) atoms. The third-order valence-corrected chi connectivity index (χ3v) is 8.59. The van der Waals surface area contributed by atoms with E-state index in [2.05, 4.69) is 0 Å². The topological polar surface area (TPSA) is 179 Å². The molecule has 0 aliphatic heterocycles. The number of aliphatic carboxylic acids is 1. The number of carboxylic acids is 1. The quantitative estimate of drug-likeness (QED) is 0.0750. The summed E-state index contributed by atoms with van der Waals surface area (Å²) >= 11 is 0. The van der Waals surface area contributed by atoms with Gasteiger partial charge in [0.15, 0.2) is 5.41 Å². The van der Waals surface area contributed by atoms with Crippen molar-refractivity contribution in [3.05, 3.63) is 107 Å². The molecule has 0 radical (unpaired) electrons.